The number of hydrogen-bond acceptors (Lipinski definition) is 5. The van der Waals surface area contributed by atoms with Crippen molar-refractivity contribution in [3.8, 4) is 5.75 Å². The number of sulfone groups is 1. The second-order valence-electron chi connectivity index (χ2n) is 5.28. The van der Waals surface area contributed by atoms with Gasteiger partial charge in [0.25, 0.3) is 0 Å². The quantitative estimate of drug-likeness (QED) is 0.933. The number of imidazole rings is 1. The van der Waals surface area contributed by atoms with Crippen LogP contribution >= 0.6 is 0 Å². The molecule has 0 amide bonds. The van der Waals surface area contributed by atoms with Gasteiger partial charge in [-0.15, -0.1) is 0 Å². The average molecular weight is 309 g/mol. The topological polar surface area (TPSA) is 87.2 Å². The number of para-hydroxylation sites is 1. The zero-order valence-corrected chi connectivity index (χ0v) is 12.8. The number of hydrogen-bond donors (Lipinski definition) is 1. The van der Waals surface area contributed by atoms with E-state index in [1.807, 2.05) is 29.7 Å². The number of benzene rings is 1. The van der Waals surface area contributed by atoms with Crippen molar-refractivity contribution < 1.29 is 13.2 Å². The predicted octanol–water partition coefficient (Wildman–Crippen LogP) is 1.77. The molecule has 0 spiro atoms. The summed E-state index contributed by atoms with van der Waals surface area (Å²) in [5.74, 6) is 1.55. The second-order valence-corrected chi connectivity index (χ2v) is 7.58. The summed E-state index contributed by atoms with van der Waals surface area (Å²) >= 11 is 0. The van der Waals surface area contributed by atoms with E-state index in [0.717, 1.165) is 11.0 Å². The number of nitrogens with two attached hydrogens (primary N) is 1. The average Bonchev–Trinajstić information content (AvgIpc) is 2.77. The molecule has 0 unspecified atom stereocenters. The summed E-state index contributed by atoms with van der Waals surface area (Å²) in [7, 11) is -2.89. The van der Waals surface area contributed by atoms with Gasteiger partial charge >= 0.3 is 0 Å². The lowest BCUT2D eigenvalue weighted by molar-refractivity contribution is 0.343. The molecule has 2 aromatic rings. The van der Waals surface area contributed by atoms with Crippen LogP contribution in [0.3, 0.4) is 0 Å². The number of rotatable bonds is 3. The Bertz CT molecular complexity index is 753. The fourth-order valence-corrected chi connectivity index (χ4v) is 4.37. The van der Waals surface area contributed by atoms with E-state index in [0.29, 0.717) is 31.1 Å². The van der Waals surface area contributed by atoms with E-state index in [-0.39, 0.29) is 17.5 Å². The molecule has 1 aromatic heterocycles. The fourth-order valence-electron chi connectivity index (χ4n) is 2.90. The number of nitrogen functional groups attached to an aromatic ring is 1. The van der Waals surface area contributed by atoms with Crippen molar-refractivity contribution in [1.82, 2.24) is 9.55 Å². The third-order valence-corrected chi connectivity index (χ3v) is 5.61. The Balaban J connectivity index is 2.03. The molecule has 0 radical (unpaired) electrons. The normalized spacial score (nSPS) is 18.9. The second kappa shape index (κ2) is 5.22. The Morgan fingerprint density at radius 2 is 2.10 bits per heavy atom. The molecule has 0 aliphatic carbocycles. The standard InChI is InChI=1S/C14H19N3O3S/c1-2-20-12-5-3-4-11-13(12)16-14(15)17(11)10-6-8-21(18,19)9-7-10/h3-5,10H,2,6-9H2,1H3,(H2,15,16). The van der Waals surface area contributed by atoms with Gasteiger partial charge in [0.15, 0.2) is 0 Å². The molecule has 6 nitrogen and oxygen atoms in total. The Hall–Kier alpha value is -1.76. The molecule has 0 saturated carbocycles. The van der Waals surface area contributed by atoms with Gasteiger partial charge < -0.3 is 15.0 Å². The van der Waals surface area contributed by atoms with Crippen LogP contribution in [0.15, 0.2) is 18.2 Å². The molecule has 0 bridgehead atoms. The molecule has 3 rings (SSSR count). The lowest BCUT2D eigenvalue weighted by Gasteiger charge is -2.24. The van der Waals surface area contributed by atoms with Crippen molar-refractivity contribution in [1.29, 1.82) is 0 Å². The van der Waals surface area contributed by atoms with Gasteiger partial charge in [0.05, 0.1) is 23.6 Å². The third kappa shape index (κ3) is 2.57. The zero-order chi connectivity index (χ0) is 15.0. The minimum Gasteiger partial charge on any atom is -0.492 e. The fraction of sp³-hybridized carbons (Fsp3) is 0.500. The zero-order valence-electron chi connectivity index (χ0n) is 11.9. The summed E-state index contributed by atoms with van der Waals surface area (Å²) in [6.07, 6.45) is 1.16. The maximum absolute atomic E-state index is 11.6. The van der Waals surface area contributed by atoms with E-state index in [1.165, 1.54) is 0 Å². The van der Waals surface area contributed by atoms with Crippen LogP contribution in [0, 0.1) is 0 Å². The summed E-state index contributed by atoms with van der Waals surface area (Å²) < 4.78 is 30.7. The highest BCUT2D eigenvalue weighted by Crippen LogP contribution is 2.33. The number of ether oxygens (including phenoxy) is 1. The van der Waals surface area contributed by atoms with E-state index in [9.17, 15) is 8.42 Å². The largest absolute Gasteiger partial charge is 0.492 e. The first-order chi connectivity index (χ1) is 10.0. The van der Waals surface area contributed by atoms with Crippen molar-refractivity contribution in [2.24, 2.45) is 0 Å². The summed E-state index contributed by atoms with van der Waals surface area (Å²) in [6, 6.07) is 5.80. The SMILES string of the molecule is CCOc1cccc2c1nc(N)n2C1CCS(=O)(=O)CC1. The summed E-state index contributed by atoms with van der Waals surface area (Å²) in [5, 5.41) is 0. The molecule has 1 aromatic carbocycles. The molecule has 1 aliphatic rings. The minimum absolute atomic E-state index is 0.0791. The van der Waals surface area contributed by atoms with Crippen LogP contribution in [0.1, 0.15) is 25.8 Å². The van der Waals surface area contributed by atoms with Crippen molar-refractivity contribution in [3.63, 3.8) is 0 Å². The van der Waals surface area contributed by atoms with Gasteiger partial charge in [0, 0.05) is 6.04 Å². The molecular formula is C14H19N3O3S. The van der Waals surface area contributed by atoms with E-state index >= 15 is 0 Å². The summed E-state index contributed by atoms with van der Waals surface area (Å²) in [4.78, 5) is 4.41. The van der Waals surface area contributed by atoms with E-state index in [1.54, 1.807) is 0 Å². The monoisotopic (exact) mass is 309 g/mol. The van der Waals surface area contributed by atoms with E-state index < -0.39 is 9.84 Å². The third-order valence-electron chi connectivity index (χ3n) is 3.90. The summed E-state index contributed by atoms with van der Waals surface area (Å²) in [5.41, 5.74) is 7.71. The van der Waals surface area contributed by atoms with Crippen LogP contribution in [-0.2, 0) is 9.84 Å². The Kier molecular flexibility index (Phi) is 3.52. The maximum Gasteiger partial charge on any atom is 0.201 e. The molecule has 114 valence electrons. The van der Waals surface area contributed by atoms with Crippen molar-refractivity contribution in [2.45, 2.75) is 25.8 Å². The van der Waals surface area contributed by atoms with Crippen LogP contribution < -0.4 is 10.5 Å². The van der Waals surface area contributed by atoms with Crippen LogP contribution in [0.2, 0.25) is 0 Å². The Morgan fingerprint density at radius 3 is 2.76 bits per heavy atom. The highest BCUT2D eigenvalue weighted by atomic mass is 32.2. The van der Waals surface area contributed by atoms with Crippen molar-refractivity contribution >= 4 is 26.8 Å². The van der Waals surface area contributed by atoms with Gasteiger partial charge in [-0.1, -0.05) is 6.07 Å². The summed E-state index contributed by atoms with van der Waals surface area (Å²) in [6.45, 7) is 2.48. The number of nitrogens with zero attached hydrogens (tertiary/aromatic N) is 2. The predicted molar refractivity (Wildman–Crippen MR) is 82.2 cm³/mol. The molecule has 1 fully saturated rings. The van der Waals surface area contributed by atoms with Crippen molar-refractivity contribution in [2.75, 3.05) is 23.8 Å². The number of anilines is 1. The van der Waals surface area contributed by atoms with E-state index in [4.69, 9.17) is 10.5 Å². The maximum atomic E-state index is 11.6. The van der Waals surface area contributed by atoms with Crippen molar-refractivity contribution in [3.05, 3.63) is 18.2 Å². The first-order valence-corrected chi connectivity index (χ1v) is 8.93. The van der Waals surface area contributed by atoms with Gasteiger partial charge in [-0.2, -0.15) is 0 Å². The smallest absolute Gasteiger partial charge is 0.201 e. The molecule has 21 heavy (non-hydrogen) atoms. The Labute approximate surface area is 123 Å². The van der Waals surface area contributed by atoms with Gasteiger partial charge in [0.1, 0.15) is 21.1 Å². The highest BCUT2D eigenvalue weighted by molar-refractivity contribution is 7.91. The number of fused-ring (bicyclic) bond motifs is 1. The van der Waals surface area contributed by atoms with Gasteiger partial charge in [-0.25, -0.2) is 13.4 Å². The first-order valence-electron chi connectivity index (χ1n) is 7.11. The van der Waals surface area contributed by atoms with Crippen LogP contribution in [0.25, 0.3) is 11.0 Å². The van der Waals surface area contributed by atoms with Crippen LogP contribution in [0.5, 0.6) is 5.75 Å². The minimum atomic E-state index is -2.89. The molecule has 2 N–H and O–H groups in total. The Morgan fingerprint density at radius 1 is 1.38 bits per heavy atom. The molecule has 7 heteroatoms. The number of aromatic nitrogens is 2. The molecule has 1 saturated heterocycles. The lowest BCUT2D eigenvalue weighted by Crippen LogP contribution is -2.26. The molecule has 2 heterocycles. The molecular weight excluding hydrogens is 290 g/mol. The molecule has 0 atom stereocenters. The van der Waals surface area contributed by atoms with E-state index in [2.05, 4.69) is 4.98 Å². The van der Waals surface area contributed by atoms with Crippen LogP contribution in [-0.4, -0.2) is 36.1 Å². The first kappa shape index (κ1) is 14.2. The molecule has 1 aliphatic heterocycles. The van der Waals surface area contributed by atoms with Crippen LogP contribution in [0.4, 0.5) is 5.95 Å². The van der Waals surface area contributed by atoms with Gasteiger partial charge in [-0.3, -0.25) is 0 Å². The van der Waals surface area contributed by atoms with Gasteiger partial charge in [0.2, 0.25) is 5.95 Å². The van der Waals surface area contributed by atoms with Gasteiger partial charge in [-0.05, 0) is 31.9 Å². The highest BCUT2D eigenvalue weighted by Gasteiger charge is 2.27. The lowest BCUT2D eigenvalue weighted by atomic mass is 10.1.